The molecule has 2 atom stereocenters. The van der Waals surface area contributed by atoms with Gasteiger partial charge in [-0.1, -0.05) is 19.1 Å². The van der Waals surface area contributed by atoms with Crippen LogP contribution in [0.3, 0.4) is 0 Å². The van der Waals surface area contributed by atoms with Crippen molar-refractivity contribution < 1.29 is 0 Å². The summed E-state index contributed by atoms with van der Waals surface area (Å²) in [4.78, 5) is 12.8. The molecule has 2 heterocycles. The van der Waals surface area contributed by atoms with Gasteiger partial charge in [0.2, 0.25) is 0 Å². The number of aromatic amines is 1. The van der Waals surface area contributed by atoms with Crippen molar-refractivity contribution in [3.63, 3.8) is 0 Å². The van der Waals surface area contributed by atoms with E-state index in [0.29, 0.717) is 12.1 Å². The molecule has 6 heteroatoms. The van der Waals surface area contributed by atoms with Crippen LogP contribution in [-0.4, -0.2) is 26.8 Å². The van der Waals surface area contributed by atoms with Gasteiger partial charge in [0.25, 0.3) is 5.56 Å². The smallest absolute Gasteiger partial charge is 0.258 e. The number of aromatic nitrogens is 3. The van der Waals surface area contributed by atoms with Crippen LogP contribution >= 0.6 is 0 Å². The van der Waals surface area contributed by atoms with Crippen molar-refractivity contribution in [1.29, 1.82) is 0 Å². The SMILES string of the molecule is CCc1ccn(-c2cccc(CN[C@H]3CCC[C@H](Nc4ccc5[nH]ncc5c4)C3)c2)c(=O)c1C. The molecule has 1 aliphatic carbocycles. The van der Waals surface area contributed by atoms with Crippen LogP contribution in [0.4, 0.5) is 5.69 Å². The molecule has 1 saturated carbocycles. The van der Waals surface area contributed by atoms with Gasteiger partial charge >= 0.3 is 0 Å². The lowest BCUT2D eigenvalue weighted by Crippen LogP contribution is -2.38. The first-order valence-electron chi connectivity index (χ1n) is 12.3. The van der Waals surface area contributed by atoms with Crippen molar-refractivity contribution in [3.05, 3.63) is 88.0 Å². The van der Waals surface area contributed by atoms with Gasteiger partial charge in [0.1, 0.15) is 0 Å². The van der Waals surface area contributed by atoms with E-state index in [1.54, 1.807) is 4.57 Å². The second-order valence-corrected chi connectivity index (χ2v) is 9.42. The molecule has 0 aliphatic heterocycles. The summed E-state index contributed by atoms with van der Waals surface area (Å²) in [5.41, 5.74) is 6.36. The maximum absolute atomic E-state index is 12.8. The fraction of sp³-hybridized carbons (Fsp3) is 0.357. The molecular formula is C28H33N5O. The van der Waals surface area contributed by atoms with Crippen LogP contribution in [-0.2, 0) is 13.0 Å². The summed E-state index contributed by atoms with van der Waals surface area (Å²) in [5, 5.41) is 15.7. The minimum Gasteiger partial charge on any atom is -0.382 e. The second-order valence-electron chi connectivity index (χ2n) is 9.42. The number of fused-ring (bicyclic) bond motifs is 1. The van der Waals surface area contributed by atoms with Crippen LogP contribution in [0.15, 0.2) is 65.7 Å². The van der Waals surface area contributed by atoms with E-state index in [1.165, 1.54) is 24.8 Å². The van der Waals surface area contributed by atoms with Crippen molar-refractivity contribution >= 4 is 16.6 Å². The van der Waals surface area contributed by atoms with Gasteiger partial charge in [-0.05, 0) is 86.6 Å². The topological polar surface area (TPSA) is 74.7 Å². The Bertz CT molecular complexity index is 1340. The van der Waals surface area contributed by atoms with Gasteiger partial charge in [0.05, 0.1) is 11.7 Å². The first kappa shape index (κ1) is 22.4. The lowest BCUT2D eigenvalue weighted by atomic mass is 9.90. The van der Waals surface area contributed by atoms with E-state index in [1.807, 2.05) is 31.5 Å². The first-order valence-corrected chi connectivity index (χ1v) is 12.3. The molecule has 6 nitrogen and oxygen atoms in total. The zero-order valence-corrected chi connectivity index (χ0v) is 20.0. The van der Waals surface area contributed by atoms with Gasteiger partial charge in [-0.15, -0.1) is 0 Å². The van der Waals surface area contributed by atoms with Crippen molar-refractivity contribution in [3.8, 4) is 5.69 Å². The molecule has 1 aliphatic rings. The Morgan fingerprint density at radius 2 is 2.00 bits per heavy atom. The molecule has 1 fully saturated rings. The van der Waals surface area contributed by atoms with Gasteiger partial charge in [-0.3, -0.25) is 14.5 Å². The van der Waals surface area contributed by atoms with Crippen LogP contribution in [0, 0.1) is 6.92 Å². The van der Waals surface area contributed by atoms with Gasteiger partial charge in [-0.25, -0.2) is 0 Å². The number of hydrogen-bond acceptors (Lipinski definition) is 4. The summed E-state index contributed by atoms with van der Waals surface area (Å²) >= 11 is 0. The largest absolute Gasteiger partial charge is 0.382 e. The monoisotopic (exact) mass is 455 g/mol. The Labute approximate surface area is 200 Å². The lowest BCUT2D eigenvalue weighted by molar-refractivity contribution is 0.350. The average molecular weight is 456 g/mol. The molecular weight excluding hydrogens is 422 g/mol. The molecule has 176 valence electrons. The average Bonchev–Trinajstić information content (AvgIpc) is 3.33. The van der Waals surface area contributed by atoms with Crippen molar-refractivity contribution in [2.45, 2.75) is 64.6 Å². The number of pyridine rings is 1. The normalized spacial score (nSPS) is 18.3. The highest BCUT2D eigenvalue weighted by Crippen LogP contribution is 2.24. The minimum absolute atomic E-state index is 0.0688. The molecule has 0 amide bonds. The zero-order chi connectivity index (χ0) is 23.5. The summed E-state index contributed by atoms with van der Waals surface area (Å²) in [5.74, 6) is 0. The highest BCUT2D eigenvalue weighted by Gasteiger charge is 2.21. The molecule has 0 saturated heterocycles. The molecule has 34 heavy (non-hydrogen) atoms. The van der Waals surface area contributed by atoms with Gasteiger partial charge in [0, 0.05) is 47.1 Å². The number of H-pyrrole nitrogens is 1. The fourth-order valence-corrected chi connectivity index (χ4v) is 5.11. The predicted octanol–water partition coefficient (Wildman–Crippen LogP) is 5.10. The number of benzene rings is 2. The number of hydrogen-bond donors (Lipinski definition) is 3. The predicted molar refractivity (Wildman–Crippen MR) is 139 cm³/mol. The van der Waals surface area contributed by atoms with Gasteiger partial charge in [-0.2, -0.15) is 5.10 Å². The summed E-state index contributed by atoms with van der Waals surface area (Å²) in [7, 11) is 0. The third-order valence-electron chi connectivity index (χ3n) is 7.10. The molecule has 0 unspecified atom stereocenters. The molecule has 5 rings (SSSR count). The summed E-state index contributed by atoms with van der Waals surface area (Å²) in [6, 6.07) is 17.7. The van der Waals surface area contributed by atoms with Crippen LogP contribution in [0.5, 0.6) is 0 Å². The molecule has 4 aromatic rings. The van der Waals surface area contributed by atoms with Crippen LogP contribution in [0.1, 0.15) is 49.3 Å². The van der Waals surface area contributed by atoms with E-state index in [2.05, 4.69) is 64.2 Å². The molecule has 0 bridgehead atoms. The van der Waals surface area contributed by atoms with Crippen molar-refractivity contribution in [2.24, 2.45) is 0 Å². The van der Waals surface area contributed by atoms with Crippen molar-refractivity contribution in [1.82, 2.24) is 20.1 Å². The Balaban J connectivity index is 1.22. The molecule has 0 radical (unpaired) electrons. The summed E-state index contributed by atoms with van der Waals surface area (Å²) < 4.78 is 1.76. The van der Waals surface area contributed by atoms with E-state index in [4.69, 9.17) is 0 Å². The summed E-state index contributed by atoms with van der Waals surface area (Å²) in [6.45, 7) is 4.80. The lowest BCUT2D eigenvalue weighted by Gasteiger charge is -2.31. The molecule has 2 aromatic carbocycles. The van der Waals surface area contributed by atoms with E-state index >= 15 is 0 Å². The standard InChI is InChI=1S/C28H33N5O/c1-3-21-12-13-33(28(34)19(21)2)26-9-4-6-20(14-26)17-29-23-7-5-8-24(16-23)31-25-10-11-27-22(15-25)18-30-32-27/h4,6,9-15,18,23-24,29,31H,3,5,7-8,16-17H2,1-2H3,(H,30,32)/t23-,24-/m0/s1. The number of rotatable bonds is 7. The quantitative estimate of drug-likeness (QED) is 0.363. The second kappa shape index (κ2) is 9.85. The maximum Gasteiger partial charge on any atom is 0.258 e. The Kier molecular flexibility index (Phi) is 6.50. The summed E-state index contributed by atoms with van der Waals surface area (Å²) in [6.07, 6.45) is 9.33. The van der Waals surface area contributed by atoms with E-state index in [0.717, 1.165) is 52.8 Å². The molecule has 2 aromatic heterocycles. The van der Waals surface area contributed by atoms with Gasteiger partial charge < -0.3 is 10.6 Å². The third-order valence-corrected chi connectivity index (χ3v) is 7.10. The van der Waals surface area contributed by atoms with Gasteiger partial charge in [0.15, 0.2) is 0 Å². The van der Waals surface area contributed by atoms with Crippen LogP contribution in [0.25, 0.3) is 16.6 Å². The minimum atomic E-state index is 0.0688. The highest BCUT2D eigenvalue weighted by molar-refractivity contribution is 5.81. The first-order chi connectivity index (χ1) is 16.6. The van der Waals surface area contributed by atoms with Crippen molar-refractivity contribution in [2.75, 3.05) is 5.32 Å². The Morgan fingerprint density at radius 1 is 1.12 bits per heavy atom. The molecule has 3 N–H and O–H groups in total. The third kappa shape index (κ3) is 4.77. The Morgan fingerprint density at radius 3 is 2.88 bits per heavy atom. The zero-order valence-electron chi connectivity index (χ0n) is 20.0. The maximum atomic E-state index is 12.8. The highest BCUT2D eigenvalue weighted by atomic mass is 16.1. The number of anilines is 1. The van der Waals surface area contributed by atoms with Crippen LogP contribution in [0.2, 0.25) is 0 Å². The number of nitrogens with zero attached hydrogens (tertiary/aromatic N) is 2. The van der Waals surface area contributed by atoms with Crippen LogP contribution < -0.4 is 16.2 Å². The Hall–Kier alpha value is -3.38. The van der Waals surface area contributed by atoms with E-state index < -0.39 is 0 Å². The fourth-order valence-electron chi connectivity index (χ4n) is 5.11. The molecule has 0 spiro atoms. The number of aryl methyl sites for hydroxylation is 1. The number of nitrogens with one attached hydrogen (secondary N) is 3. The van der Waals surface area contributed by atoms with E-state index in [9.17, 15) is 4.79 Å². The van der Waals surface area contributed by atoms with E-state index in [-0.39, 0.29) is 5.56 Å².